The molecule has 0 bridgehead atoms. The summed E-state index contributed by atoms with van der Waals surface area (Å²) in [6, 6.07) is 5.66. The number of carbonyl (C=O) groups excluding carboxylic acids is 1. The Balaban J connectivity index is 2.33. The van der Waals surface area contributed by atoms with Gasteiger partial charge in [-0.25, -0.2) is 0 Å². The Hall–Kier alpha value is -1.07. The van der Waals surface area contributed by atoms with Crippen molar-refractivity contribution in [3.63, 3.8) is 0 Å². The fourth-order valence-corrected chi connectivity index (χ4v) is 2.27. The molecule has 2 atom stereocenters. The van der Waals surface area contributed by atoms with E-state index >= 15 is 0 Å². The highest BCUT2D eigenvalue weighted by molar-refractivity contribution is 7.99. The van der Waals surface area contributed by atoms with Crippen LogP contribution in [0.1, 0.15) is 19.0 Å². The van der Waals surface area contributed by atoms with Crippen molar-refractivity contribution >= 4 is 17.7 Å². The van der Waals surface area contributed by atoms with Gasteiger partial charge >= 0.3 is 0 Å². The van der Waals surface area contributed by atoms with Crippen LogP contribution in [0.4, 0.5) is 0 Å². The van der Waals surface area contributed by atoms with Crippen LogP contribution in [0.5, 0.6) is 0 Å². The standard InChI is InChI=1S/C13H20N2O2S/c1-10(12(9-16)18-2)15-13(17)7-6-11-5-3-4-8-14-11/h3-5,8,10,12,16H,6-7,9H2,1-2H3,(H,15,17). The first-order valence-corrected chi connectivity index (χ1v) is 7.29. The minimum absolute atomic E-state index is 0.000605. The van der Waals surface area contributed by atoms with Crippen molar-refractivity contribution in [1.82, 2.24) is 10.3 Å². The summed E-state index contributed by atoms with van der Waals surface area (Å²) in [5.41, 5.74) is 0.920. The molecule has 18 heavy (non-hydrogen) atoms. The lowest BCUT2D eigenvalue weighted by molar-refractivity contribution is -0.121. The van der Waals surface area contributed by atoms with Crippen LogP contribution in [0.25, 0.3) is 0 Å². The Morgan fingerprint density at radius 1 is 1.56 bits per heavy atom. The summed E-state index contributed by atoms with van der Waals surface area (Å²) in [6.07, 6.45) is 4.72. The molecule has 0 saturated carbocycles. The van der Waals surface area contributed by atoms with Crippen molar-refractivity contribution in [3.05, 3.63) is 30.1 Å². The number of nitrogens with zero attached hydrogens (tertiary/aromatic N) is 1. The SMILES string of the molecule is CSC(CO)C(C)NC(=O)CCc1ccccn1. The highest BCUT2D eigenvalue weighted by Gasteiger charge is 2.17. The third-order valence-electron chi connectivity index (χ3n) is 2.76. The van der Waals surface area contributed by atoms with E-state index < -0.39 is 0 Å². The van der Waals surface area contributed by atoms with E-state index in [1.165, 1.54) is 0 Å². The van der Waals surface area contributed by atoms with Gasteiger partial charge in [0, 0.05) is 29.6 Å². The maximum Gasteiger partial charge on any atom is 0.220 e. The second-order valence-corrected chi connectivity index (χ2v) is 5.21. The summed E-state index contributed by atoms with van der Waals surface area (Å²) in [6.45, 7) is 1.99. The summed E-state index contributed by atoms with van der Waals surface area (Å²) >= 11 is 1.56. The molecular formula is C13H20N2O2S. The molecule has 0 fully saturated rings. The van der Waals surface area contributed by atoms with Gasteiger partial charge in [0.2, 0.25) is 5.91 Å². The van der Waals surface area contributed by atoms with E-state index in [1.807, 2.05) is 31.4 Å². The summed E-state index contributed by atoms with van der Waals surface area (Å²) in [5.74, 6) is 0.000605. The zero-order valence-corrected chi connectivity index (χ0v) is 11.6. The molecule has 0 aliphatic carbocycles. The zero-order valence-electron chi connectivity index (χ0n) is 10.8. The van der Waals surface area contributed by atoms with Gasteiger partial charge in [-0.1, -0.05) is 6.07 Å². The van der Waals surface area contributed by atoms with Gasteiger partial charge in [0.1, 0.15) is 0 Å². The van der Waals surface area contributed by atoms with Gasteiger partial charge in [-0.15, -0.1) is 0 Å². The van der Waals surface area contributed by atoms with Crippen LogP contribution in [0.3, 0.4) is 0 Å². The molecule has 1 heterocycles. The molecule has 0 saturated heterocycles. The number of rotatable bonds is 7. The number of hydrogen-bond donors (Lipinski definition) is 2. The molecule has 100 valence electrons. The Labute approximate surface area is 112 Å². The monoisotopic (exact) mass is 268 g/mol. The van der Waals surface area contributed by atoms with Crippen LogP contribution < -0.4 is 5.32 Å². The molecule has 2 N–H and O–H groups in total. The third kappa shape index (κ3) is 5.06. The van der Waals surface area contributed by atoms with E-state index in [9.17, 15) is 4.79 Å². The molecule has 5 heteroatoms. The van der Waals surface area contributed by atoms with Crippen LogP contribution in [-0.2, 0) is 11.2 Å². The summed E-state index contributed by atoms with van der Waals surface area (Å²) in [5, 5.41) is 12.1. The average molecular weight is 268 g/mol. The Kier molecular flexibility index (Phi) is 6.75. The number of amides is 1. The molecule has 2 unspecified atom stereocenters. The van der Waals surface area contributed by atoms with Gasteiger partial charge in [-0.2, -0.15) is 11.8 Å². The Morgan fingerprint density at radius 2 is 2.33 bits per heavy atom. The van der Waals surface area contributed by atoms with Crippen molar-refractivity contribution in [3.8, 4) is 0 Å². The molecule has 1 aromatic rings. The number of nitrogens with one attached hydrogen (secondary N) is 1. The molecule has 1 amide bonds. The second kappa shape index (κ2) is 8.11. The largest absolute Gasteiger partial charge is 0.395 e. The van der Waals surface area contributed by atoms with Crippen LogP contribution in [0, 0.1) is 0 Å². The van der Waals surface area contributed by atoms with E-state index in [4.69, 9.17) is 5.11 Å². The second-order valence-electron chi connectivity index (χ2n) is 4.13. The highest BCUT2D eigenvalue weighted by Crippen LogP contribution is 2.10. The number of aromatic nitrogens is 1. The minimum Gasteiger partial charge on any atom is -0.395 e. The maximum atomic E-state index is 11.7. The first-order chi connectivity index (χ1) is 8.67. The number of thioether (sulfide) groups is 1. The molecule has 1 rings (SSSR count). The van der Waals surface area contributed by atoms with Crippen molar-refractivity contribution in [2.24, 2.45) is 0 Å². The van der Waals surface area contributed by atoms with Gasteiger partial charge in [0.15, 0.2) is 0 Å². The molecule has 4 nitrogen and oxygen atoms in total. The topological polar surface area (TPSA) is 62.2 Å². The third-order valence-corrected chi connectivity index (χ3v) is 3.93. The van der Waals surface area contributed by atoms with E-state index in [0.717, 1.165) is 5.69 Å². The number of aryl methyl sites for hydroxylation is 1. The van der Waals surface area contributed by atoms with Crippen molar-refractivity contribution < 1.29 is 9.90 Å². The van der Waals surface area contributed by atoms with Crippen molar-refractivity contribution in [1.29, 1.82) is 0 Å². The molecule has 0 spiro atoms. The number of pyridine rings is 1. The van der Waals surface area contributed by atoms with E-state index in [2.05, 4.69) is 10.3 Å². The lowest BCUT2D eigenvalue weighted by Crippen LogP contribution is -2.41. The lowest BCUT2D eigenvalue weighted by Gasteiger charge is -2.21. The molecule has 0 radical (unpaired) electrons. The zero-order chi connectivity index (χ0) is 13.4. The quantitative estimate of drug-likeness (QED) is 0.781. The van der Waals surface area contributed by atoms with E-state index in [-0.39, 0.29) is 23.8 Å². The van der Waals surface area contributed by atoms with Gasteiger partial charge in [0.05, 0.1) is 6.61 Å². The number of aliphatic hydroxyl groups excluding tert-OH is 1. The smallest absolute Gasteiger partial charge is 0.220 e. The predicted octanol–water partition coefficient (Wildman–Crippen LogP) is 1.24. The number of aliphatic hydroxyl groups is 1. The molecule has 0 aliphatic heterocycles. The van der Waals surface area contributed by atoms with Crippen molar-refractivity contribution in [2.45, 2.75) is 31.1 Å². The van der Waals surface area contributed by atoms with Crippen LogP contribution in [0.2, 0.25) is 0 Å². The number of carbonyl (C=O) groups is 1. The predicted molar refractivity (Wildman–Crippen MR) is 74.6 cm³/mol. The molecule has 1 aromatic heterocycles. The first-order valence-electron chi connectivity index (χ1n) is 6.00. The van der Waals surface area contributed by atoms with Gasteiger partial charge in [0.25, 0.3) is 0 Å². The average Bonchev–Trinajstić information content (AvgIpc) is 2.39. The highest BCUT2D eigenvalue weighted by atomic mass is 32.2. The van der Waals surface area contributed by atoms with Gasteiger partial charge in [-0.05, 0) is 31.7 Å². The summed E-state index contributed by atoms with van der Waals surface area (Å²) in [7, 11) is 0. The Bertz CT molecular complexity index is 355. The van der Waals surface area contributed by atoms with Gasteiger partial charge < -0.3 is 10.4 Å². The fourth-order valence-electron chi connectivity index (χ4n) is 1.64. The Morgan fingerprint density at radius 3 is 2.89 bits per heavy atom. The minimum atomic E-state index is -0.0266. The van der Waals surface area contributed by atoms with Crippen LogP contribution in [0.15, 0.2) is 24.4 Å². The number of hydrogen-bond acceptors (Lipinski definition) is 4. The van der Waals surface area contributed by atoms with Crippen LogP contribution in [-0.4, -0.2) is 40.2 Å². The summed E-state index contributed by atoms with van der Waals surface area (Å²) < 4.78 is 0. The normalized spacial score (nSPS) is 13.9. The summed E-state index contributed by atoms with van der Waals surface area (Å²) in [4.78, 5) is 15.9. The van der Waals surface area contributed by atoms with Gasteiger partial charge in [-0.3, -0.25) is 9.78 Å². The molecule has 0 aliphatic rings. The maximum absolute atomic E-state index is 11.7. The fraction of sp³-hybridized carbons (Fsp3) is 0.538. The van der Waals surface area contributed by atoms with Crippen molar-refractivity contribution in [2.75, 3.05) is 12.9 Å². The van der Waals surface area contributed by atoms with Crippen LogP contribution >= 0.6 is 11.8 Å². The molecule has 0 aromatic carbocycles. The lowest BCUT2D eigenvalue weighted by atomic mass is 10.2. The van der Waals surface area contributed by atoms with E-state index in [1.54, 1.807) is 18.0 Å². The van der Waals surface area contributed by atoms with E-state index in [0.29, 0.717) is 12.8 Å². The molecular weight excluding hydrogens is 248 g/mol. The first kappa shape index (κ1) is 15.0.